The van der Waals surface area contributed by atoms with E-state index >= 15 is 0 Å². The maximum atomic E-state index is 11.8. The highest BCUT2D eigenvalue weighted by molar-refractivity contribution is 5.76. The molecule has 0 heterocycles. The second kappa shape index (κ2) is 7.94. The van der Waals surface area contributed by atoms with Crippen LogP contribution in [0.5, 0.6) is 5.75 Å². The molecule has 0 spiro atoms. The number of rotatable bonds is 7. The molecule has 0 atom stereocenters. The largest absolute Gasteiger partial charge is 0.495 e. The van der Waals surface area contributed by atoms with Crippen LogP contribution in [0.1, 0.15) is 12.0 Å². The lowest BCUT2D eigenvalue weighted by Gasteiger charge is -2.11. The first-order valence-electron chi connectivity index (χ1n) is 6.97. The normalized spacial score (nSPS) is 9.95. The zero-order valence-corrected chi connectivity index (χ0v) is 12.1. The van der Waals surface area contributed by atoms with Crippen LogP contribution in [-0.4, -0.2) is 19.6 Å². The van der Waals surface area contributed by atoms with Gasteiger partial charge >= 0.3 is 0 Å². The van der Waals surface area contributed by atoms with Gasteiger partial charge in [0.2, 0.25) is 5.91 Å². The molecule has 0 aliphatic heterocycles. The first-order valence-corrected chi connectivity index (χ1v) is 6.97. The highest BCUT2D eigenvalue weighted by Gasteiger charge is 2.03. The molecule has 4 nitrogen and oxygen atoms in total. The van der Waals surface area contributed by atoms with Crippen LogP contribution in [0.15, 0.2) is 54.6 Å². The van der Waals surface area contributed by atoms with Crippen LogP contribution in [0.2, 0.25) is 0 Å². The van der Waals surface area contributed by atoms with Gasteiger partial charge < -0.3 is 15.4 Å². The van der Waals surface area contributed by atoms with E-state index in [1.807, 2.05) is 54.6 Å². The van der Waals surface area contributed by atoms with Crippen LogP contribution in [0, 0.1) is 0 Å². The van der Waals surface area contributed by atoms with Crippen LogP contribution in [0.4, 0.5) is 5.69 Å². The fourth-order valence-electron chi connectivity index (χ4n) is 1.99. The molecule has 21 heavy (non-hydrogen) atoms. The number of methoxy groups -OCH3 is 1. The van der Waals surface area contributed by atoms with E-state index in [1.54, 1.807) is 7.11 Å². The summed E-state index contributed by atoms with van der Waals surface area (Å²) in [5, 5.41) is 6.11. The highest BCUT2D eigenvalue weighted by Crippen LogP contribution is 2.22. The minimum absolute atomic E-state index is 0.0289. The maximum Gasteiger partial charge on any atom is 0.222 e. The van der Waals surface area contributed by atoms with Gasteiger partial charge in [0.1, 0.15) is 5.75 Å². The average molecular weight is 284 g/mol. The number of benzene rings is 2. The lowest BCUT2D eigenvalue weighted by molar-refractivity contribution is -0.121. The summed E-state index contributed by atoms with van der Waals surface area (Å²) >= 11 is 0. The third-order valence-corrected chi connectivity index (χ3v) is 3.11. The van der Waals surface area contributed by atoms with Gasteiger partial charge in [-0.05, 0) is 17.7 Å². The molecule has 110 valence electrons. The molecule has 1 amide bonds. The summed E-state index contributed by atoms with van der Waals surface area (Å²) in [6.07, 6.45) is 0.422. The summed E-state index contributed by atoms with van der Waals surface area (Å²) in [5.41, 5.74) is 2.00. The Kier molecular flexibility index (Phi) is 5.64. The van der Waals surface area contributed by atoms with E-state index in [1.165, 1.54) is 0 Å². The first-order chi connectivity index (χ1) is 10.3. The van der Waals surface area contributed by atoms with E-state index < -0.39 is 0 Å². The molecule has 0 fully saturated rings. The van der Waals surface area contributed by atoms with Crippen LogP contribution in [-0.2, 0) is 11.3 Å². The number of amides is 1. The smallest absolute Gasteiger partial charge is 0.222 e. The van der Waals surface area contributed by atoms with Gasteiger partial charge in [-0.2, -0.15) is 0 Å². The molecule has 0 saturated carbocycles. The number of hydrogen-bond donors (Lipinski definition) is 2. The fourth-order valence-corrected chi connectivity index (χ4v) is 1.99. The third kappa shape index (κ3) is 4.84. The number of para-hydroxylation sites is 2. The second-order valence-corrected chi connectivity index (χ2v) is 4.64. The van der Waals surface area contributed by atoms with E-state index in [4.69, 9.17) is 4.74 Å². The average Bonchev–Trinajstić information content (AvgIpc) is 2.54. The Labute approximate surface area is 125 Å². The Morgan fingerprint density at radius 2 is 1.76 bits per heavy atom. The summed E-state index contributed by atoms with van der Waals surface area (Å²) < 4.78 is 5.25. The van der Waals surface area contributed by atoms with Gasteiger partial charge in [-0.25, -0.2) is 0 Å². The van der Waals surface area contributed by atoms with E-state index in [0.29, 0.717) is 19.5 Å². The molecule has 0 aromatic heterocycles. The number of hydrogen-bond acceptors (Lipinski definition) is 3. The Bertz CT molecular complexity index is 570. The fraction of sp³-hybridized carbons (Fsp3) is 0.235. The van der Waals surface area contributed by atoms with Crippen molar-refractivity contribution >= 4 is 11.6 Å². The molecule has 2 aromatic carbocycles. The molecule has 0 radical (unpaired) electrons. The quantitative estimate of drug-likeness (QED) is 0.822. The molecule has 4 heteroatoms. The van der Waals surface area contributed by atoms with Gasteiger partial charge in [0.25, 0.3) is 0 Å². The van der Waals surface area contributed by atoms with Crippen molar-refractivity contribution < 1.29 is 9.53 Å². The summed E-state index contributed by atoms with van der Waals surface area (Å²) in [6, 6.07) is 17.5. The highest BCUT2D eigenvalue weighted by atomic mass is 16.5. The number of nitrogens with one attached hydrogen (secondary N) is 2. The zero-order valence-electron chi connectivity index (χ0n) is 12.1. The summed E-state index contributed by atoms with van der Waals surface area (Å²) in [4.78, 5) is 11.8. The number of carbonyl (C=O) groups excluding carboxylic acids is 1. The van der Waals surface area contributed by atoms with Gasteiger partial charge in [-0.15, -0.1) is 0 Å². The first kappa shape index (κ1) is 14.9. The Hall–Kier alpha value is -2.49. The molecule has 2 rings (SSSR count). The molecule has 0 unspecified atom stereocenters. The predicted molar refractivity (Wildman–Crippen MR) is 84.4 cm³/mol. The lowest BCUT2D eigenvalue weighted by Crippen LogP contribution is -2.24. The minimum Gasteiger partial charge on any atom is -0.495 e. The van der Waals surface area contributed by atoms with Gasteiger partial charge in [-0.1, -0.05) is 42.5 Å². The van der Waals surface area contributed by atoms with E-state index in [-0.39, 0.29) is 5.91 Å². The minimum atomic E-state index is 0.0289. The molecule has 2 aromatic rings. The number of ether oxygens (including phenoxy) is 1. The van der Waals surface area contributed by atoms with Crippen molar-refractivity contribution in [2.24, 2.45) is 0 Å². The number of anilines is 1. The Morgan fingerprint density at radius 3 is 2.52 bits per heavy atom. The number of carbonyl (C=O) groups is 1. The molecular formula is C17H20N2O2. The Balaban J connectivity index is 1.72. The SMILES string of the molecule is COc1ccccc1NCCC(=O)NCc1ccccc1. The standard InChI is InChI=1S/C17H20N2O2/c1-21-16-10-6-5-9-15(16)18-12-11-17(20)19-13-14-7-3-2-4-8-14/h2-10,18H,11-13H2,1H3,(H,19,20). The molecule has 0 aliphatic carbocycles. The van der Waals surface area contributed by atoms with E-state index in [0.717, 1.165) is 17.0 Å². The summed E-state index contributed by atoms with van der Waals surface area (Å²) in [5.74, 6) is 0.809. The molecule has 0 bridgehead atoms. The maximum absolute atomic E-state index is 11.8. The molecule has 2 N–H and O–H groups in total. The van der Waals surface area contributed by atoms with Crippen molar-refractivity contribution in [3.05, 3.63) is 60.2 Å². The topological polar surface area (TPSA) is 50.4 Å². The van der Waals surface area contributed by atoms with Crippen molar-refractivity contribution in [1.82, 2.24) is 5.32 Å². The van der Waals surface area contributed by atoms with Gasteiger partial charge in [0.15, 0.2) is 0 Å². The zero-order chi connectivity index (χ0) is 14.9. The molecular weight excluding hydrogens is 264 g/mol. The predicted octanol–water partition coefficient (Wildman–Crippen LogP) is 2.81. The second-order valence-electron chi connectivity index (χ2n) is 4.64. The van der Waals surface area contributed by atoms with Gasteiger partial charge in [0.05, 0.1) is 12.8 Å². The van der Waals surface area contributed by atoms with Crippen molar-refractivity contribution in [2.45, 2.75) is 13.0 Å². The van der Waals surface area contributed by atoms with Crippen LogP contribution >= 0.6 is 0 Å². The Morgan fingerprint density at radius 1 is 1.05 bits per heavy atom. The van der Waals surface area contributed by atoms with E-state index in [9.17, 15) is 4.79 Å². The monoisotopic (exact) mass is 284 g/mol. The summed E-state index contributed by atoms with van der Waals surface area (Å²) in [7, 11) is 1.63. The van der Waals surface area contributed by atoms with Crippen LogP contribution in [0.25, 0.3) is 0 Å². The lowest BCUT2D eigenvalue weighted by atomic mass is 10.2. The van der Waals surface area contributed by atoms with Crippen molar-refractivity contribution in [1.29, 1.82) is 0 Å². The van der Waals surface area contributed by atoms with Crippen molar-refractivity contribution in [3.8, 4) is 5.75 Å². The van der Waals surface area contributed by atoms with Crippen LogP contribution < -0.4 is 15.4 Å². The molecule has 0 aliphatic rings. The van der Waals surface area contributed by atoms with Crippen molar-refractivity contribution in [2.75, 3.05) is 19.0 Å². The van der Waals surface area contributed by atoms with E-state index in [2.05, 4.69) is 10.6 Å². The van der Waals surface area contributed by atoms with Gasteiger partial charge in [-0.3, -0.25) is 4.79 Å². The molecule has 0 saturated heterocycles. The van der Waals surface area contributed by atoms with Gasteiger partial charge in [0, 0.05) is 19.5 Å². The summed E-state index contributed by atoms with van der Waals surface area (Å²) in [6.45, 7) is 1.13. The van der Waals surface area contributed by atoms with Crippen molar-refractivity contribution in [3.63, 3.8) is 0 Å². The third-order valence-electron chi connectivity index (χ3n) is 3.11. The van der Waals surface area contributed by atoms with Crippen LogP contribution in [0.3, 0.4) is 0 Å².